The number of quaternary nitrogens is 1. The number of hydrogen-bond donors (Lipinski definition) is 1. The van der Waals surface area contributed by atoms with Gasteiger partial charge in [0.25, 0.3) is 0 Å². The molecule has 1 N–H and O–H groups in total. The molecular weight excluding hydrogens is 359 g/mol. The number of tetrazole rings is 1. The molecule has 0 amide bonds. The summed E-state index contributed by atoms with van der Waals surface area (Å²) in [5, 5.41) is 12.7. The monoisotopic (exact) mass is 389 g/mol. The minimum absolute atomic E-state index is 0.186. The summed E-state index contributed by atoms with van der Waals surface area (Å²) >= 11 is 0. The molecule has 28 heavy (non-hydrogen) atoms. The Morgan fingerprint density at radius 3 is 2.71 bits per heavy atom. The summed E-state index contributed by atoms with van der Waals surface area (Å²) in [4.78, 5) is 3.87. The highest BCUT2D eigenvalue weighted by Crippen LogP contribution is 2.19. The van der Waals surface area contributed by atoms with E-state index in [0.29, 0.717) is 6.04 Å². The Morgan fingerprint density at radius 2 is 2.04 bits per heavy atom. The molecule has 1 aromatic heterocycles. The quantitative estimate of drug-likeness (QED) is 0.772. The van der Waals surface area contributed by atoms with E-state index >= 15 is 0 Å². The summed E-state index contributed by atoms with van der Waals surface area (Å²) in [6.45, 7) is 7.76. The zero-order valence-electron chi connectivity index (χ0n) is 16.6. The molecule has 2 aliphatic rings. The first kappa shape index (κ1) is 19.3. The van der Waals surface area contributed by atoms with Crippen molar-refractivity contribution in [3.05, 3.63) is 35.9 Å². The second kappa shape index (κ2) is 8.96. The van der Waals surface area contributed by atoms with Crippen LogP contribution < -0.4 is 9.80 Å². The van der Waals surface area contributed by atoms with Crippen LogP contribution in [0.5, 0.6) is 0 Å². The second-order valence-corrected chi connectivity index (χ2v) is 7.82. The number of halogens is 1. The molecule has 4 rings (SSSR count). The smallest absolute Gasteiger partial charge is 0.209 e. The van der Waals surface area contributed by atoms with Gasteiger partial charge < -0.3 is 14.5 Å². The molecule has 2 fully saturated rings. The Morgan fingerprint density at radius 1 is 1.25 bits per heavy atom. The fraction of sp³-hybridized carbons (Fsp3) is 0.650. The van der Waals surface area contributed by atoms with Gasteiger partial charge in [0.05, 0.1) is 38.8 Å². The van der Waals surface area contributed by atoms with Crippen LogP contribution in [0.15, 0.2) is 24.3 Å². The van der Waals surface area contributed by atoms with Gasteiger partial charge >= 0.3 is 0 Å². The number of hydrogen-bond acceptors (Lipinski definition) is 5. The first-order valence-electron chi connectivity index (χ1n) is 10.5. The third-order valence-electron chi connectivity index (χ3n) is 5.94. The average molecular weight is 389 g/mol. The van der Waals surface area contributed by atoms with Crippen LogP contribution in [-0.2, 0) is 11.3 Å². The van der Waals surface area contributed by atoms with Crippen molar-refractivity contribution in [1.82, 2.24) is 20.2 Å². The van der Waals surface area contributed by atoms with Crippen LogP contribution in [0.4, 0.5) is 10.1 Å². The van der Waals surface area contributed by atoms with E-state index in [0.717, 1.165) is 76.5 Å². The molecular formula is C20H30FN6O+. The van der Waals surface area contributed by atoms with Crippen LogP contribution in [0.2, 0.25) is 0 Å². The molecule has 3 heterocycles. The summed E-state index contributed by atoms with van der Waals surface area (Å²) in [6.07, 6.45) is 4.60. The van der Waals surface area contributed by atoms with Crippen molar-refractivity contribution in [1.29, 1.82) is 0 Å². The Kier molecular flexibility index (Phi) is 6.17. The predicted molar refractivity (Wildman–Crippen MR) is 104 cm³/mol. The molecule has 0 saturated carbocycles. The van der Waals surface area contributed by atoms with E-state index in [4.69, 9.17) is 4.74 Å². The van der Waals surface area contributed by atoms with Gasteiger partial charge in [-0.05, 0) is 47.5 Å². The van der Waals surface area contributed by atoms with E-state index in [1.54, 1.807) is 0 Å². The number of aromatic nitrogens is 4. The van der Waals surface area contributed by atoms with E-state index in [-0.39, 0.29) is 11.9 Å². The van der Waals surface area contributed by atoms with Crippen molar-refractivity contribution in [2.45, 2.75) is 51.3 Å². The lowest BCUT2D eigenvalue weighted by Crippen LogP contribution is -3.15. The van der Waals surface area contributed by atoms with Crippen LogP contribution >= 0.6 is 0 Å². The van der Waals surface area contributed by atoms with E-state index < -0.39 is 0 Å². The third-order valence-corrected chi connectivity index (χ3v) is 5.94. The zero-order valence-corrected chi connectivity index (χ0v) is 16.6. The molecule has 2 aliphatic heterocycles. The van der Waals surface area contributed by atoms with Gasteiger partial charge in [-0.25, -0.2) is 9.07 Å². The van der Waals surface area contributed by atoms with Crippen molar-refractivity contribution < 1.29 is 14.0 Å². The van der Waals surface area contributed by atoms with E-state index in [2.05, 4.69) is 27.3 Å². The van der Waals surface area contributed by atoms with Crippen molar-refractivity contribution in [2.24, 2.45) is 0 Å². The van der Waals surface area contributed by atoms with Gasteiger partial charge in [-0.1, -0.05) is 13.3 Å². The van der Waals surface area contributed by atoms with E-state index in [9.17, 15) is 4.39 Å². The molecule has 7 nitrogen and oxygen atoms in total. The maximum atomic E-state index is 13.2. The van der Waals surface area contributed by atoms with Crippen LogP contribution in [0.1, 0.15) is 44.5 Å². The largest absolute Gasteiger partial charge is 0.376 e. The highest BCUT2D eigenvalue weighted by atomic mass is 19.1. The van der Waals surface area contributed by atoms with Gasteiger partial charge in [-0.15, -0.1) is 5.10 Å². The zero-order chi connectivity index (χ0) is 19.3. The molecule has 0 radical (unpaired) electrons. The molecule has 8 heteroatoms. The highest BCUT2D eigenvalue weighted by molar-refractivity contribution is 5.46. The Balaban J connectivity index is 1.43. The lowest BCUT2D eigenvalue weighted by atomic mass is 10.1. The second-order valence-electron chi connectivity index (χ2n) is 7.82. The average Bonchev–Trinajstić information content (AvgIpc) is 3.40. The number of anilines is 1. The first-order chi connectivity index (χ1) is 13.7. The molecule has 0 spiro atoms. The van der Waals surface area contributed by atoms with Crippen LogP contribution in [0.25, 0.3) is 0 Å². The van der Waals surface area contributed by atoms with Crippen molar-refractivity contribution in [2.75, 3.05) is 37.7 Å². The molecule has 0 aliphatic carbocycles. The van der Waals surface area contributed by atoms with Gasteiger partial charge in [-0.3, -0.25) is 0 Å². The van der Waals surface area contributed by atoms with Gasteiger partial charge in [0.2, 0.25) is 5.82 Å². The Hall–Kier alpha value is -2.06. The summed E-state index contributed by atoms with van der Waals surface area (Å²) in [6, 6.07) is 7.11. The van der Waals surface area contributed by atoms with Crippen molar-refractivity contribution in [3.8, 4) is 0 Å². The van der Waals surface area contributed by atoms with Gasteiger partial charge in [0, 0.05) is 18.7 Å². The summed E-state index contributed by atoms with van der Waals surface area (Å²) in [5.41, 5.74) is 1.09. The van der Waals surface area contributed by atoms with Gasteiger partial charge in [-0.2, -0.15) is 0 Å². The normalized spacial score (nSPS) is 21.9. The van der Waals surface area contributed by atoms with Crippen molar-refractivity contribution >= 4 is 5.69 Å². The first-order valence-corrected chi connectivity index (χ1v) is 10.5. The summed E-state index contributed by atoms with van der Waals surface area (Å²) in [5.74, 6) is 0.802. The highest BCUT2D eigenvalue weighted by Gasteiger charge is 2.33. The van der Waals surface area contributed by atoms with E-state index in [1.165, 1.54) is 17.0 Å². The fourth-order valence-electron chi connectivity index (χ4n) is 4.43. The Labute approximate surface area is 165 Å². The van der Waals surface area contributed by atoms with Gasteiger partial charge in [0.1, 0.15) is 11.9 Å². The number of piperazine rings is 1. The minimum Gasteiger partial charge on any atom is -0.376 e. The maximum absolute atomic E-state index is 13.2. The van der Waals surface area contributed by atoms with Crippen LogP contribution in [-0.4, -0.2) is 59.1 Å². The summed E-state index contributed by atoms with van der Waals surface area (Å²) < 4.78 is 20.9. The molecule has 1 aromatic carbocycles. The standard InChI is InChI=1S/C20H29FN6O/c1-2-4-19(20-22-23-24-27(20)15-18-5-3-14-28-18)26-12-10-25(11-13-26)17-8-6-16(21)7-9-17/h6-9,18-19H,2-5,10-15H2,1H3/p+1/t18-,19+/m1/s1. The lowest BCUT2D eigenvalue weighted by Gasteiger charge is -2.37. The maximum Gasteiger partial charge on any atom is 0.209 e. The van der Waals surface area contributed by atoms with Crippen LogP contribution in [0.3, 0.4) is 0 Å². The molecule has 2 aromatic rings. The third kappa shape index (κ3) is 4.33. The number of rotatable bonds is 7. The predicted octanol–water partition coefficient (Wildman–Crippen LogP) is 1.24. The van der Waals surface area contributed by atoms with E-state index in [1.807, 2.05) is 16.8 Å². The molecule has 152 valence electrons. The van der Waals surface area contributed by atoms with Gasteiger partial charge in [0.15, 0.2) is 0 Å². The molecule has 2 saturated heterocycles. The molecule has 0 bridgehead atoms. The Bertz CT molecular complexity index is 737. The van der Waals surface area contributed by atoms with Crippen molar-refractivity contribution in [3.63, 3.8) is 0 Å². The number of nitrogens with zero attached hydrogens (tertiary/aromatic N) is 5. The minimum atomic E-state index is -0.186. The number of nitrogens with one attached hydrogen (secondary N) is 1. The lowest BCUT2D eigenvalue weighted by molar-refractivity contribution is -0.933. The molecule has 0 unspecified atom stereocenters. The number of benzene rings is 1. The topological polar surface area (TPSA) is 60.5 Å². The van der Waals surface area contributed by atoms with Crippen LogP contribution in [0, 0.1) is 5.82 Å². The number of ether oxygens (including phenoxy) is 1. The SMILES string of the molecule is CCC[C@@H](c1nnnn1C[C@H]1CCCO1)[NH+]1CCN(c2ccc(F)cc2)CC1. The molecule has 2 atom stereocenters. The summed E-state index contributed by atoms with van der Waals surface area (Å²) in [7, 11) is 0. The fourth-order valence-corrected chi connectivity index (χ4v) is 4.43.